The van der Waals surface area contributed by atoms with Crippen molar-refractivity contribution in [3.63, 3.8) is 0 Å². The van der Waals surface area contributed by atoms with E-state index in [4.69, 9.17) is 11.6 Å². The maximum absolute atomic E-state index is 12.2. The first-order valence-corrected chi connectivity index (χ1v) is 8.77. The van der Waals surface area contributed by atoms with Gasteiger partial charge in [-0.3, -0.25) is 14.2 Å². The van der Waals surface area contributed by atoms with Crippen molar-refractivity contribution in [2.24, 2.45) is 7.05 Å². The topological polar surface area (TPSA) is 76.9 Å². The molecule has 0 fully saturated rings. The van der Waals surface area contributed by atoms with Crippen LogP contribution in [0.4, 0.5) is 5.82 Å². The van der Waals surface area contributed by atoms with Gasteiger partial charge in [-0.2, -0.15) is 0 Å². The number of fused-ring (bicyclic) bond motifs is 1. The Hall–Kier alpha value is -1.90. The Bertz CT molecular complexity index is 921. The lowest BCUT2D eigenvalue weighted by Crippen LogP contribution is -2.21. The average molecular weight is 367 g/mol. The highest BCUT2D eigenvalue weighted by Gasteiger charge is 2.12. The van der Waals surface area contributed by atoms with Gasteiger partial charge in [0, 0.05) is 13.2 Å². The summed E-state index contributed by atoms with van der Waals surface area (Å²) in [6, 6.07) is 5.02. The lowest BCUT2D eigenvalue weighted by Gasteiger charge is -2.07. The average Bonchev–Trinajstić information content (AvgIpc) is 3.00. The number of halogens is 1. The van der Waals surface area contributed by atoms with E-state index < -0.39 is 0 Å². The SMILES string of the molecule is Cn1c(SCC(=O)Nc2ccc(Cl)cn2)nc2sccc2c1=O. The summed E-state index contributed by atoms with van der Waals surface area (Å²) in [6.07, 6.45) is 1.46. The second kappa shape index (κ2) is 6.69. The third kappa shape index (κ3) is 3.54. The second-order valence-corrected chi connectivity index (χ2v) is 6.87. The van der Waals surface area contributed by atoms with E-state index >= 15 is 0 Å². The van der Waals surface area contributed by atoms with E-state index in [-0.39, 0.29) is 17.2 Å². The highest BCUT2D eigenvalue weighted by molar-refractivity contribution is 7.99. The molecule has 0 aliphatic carbocycles. The first kappa shape index (κ1) is 16.0. The highest BCUT2D eigenvalue weighted by atomic mass is 35.5. The van der Waals surface area contributed by atoms with Crippen molar-refractivity contribution in [2.75, 3.05) is 11.1 Å². The van der Waals surface area contributed by atoms with Crippen LogP contribution in [-0.4, -0.2) is 26.2 Å². The van der Waals surface area contributed by atoms with Crippen LogP contribution in [-0.2, 0) is 11.8 Å². The van der Waals surface area contributed by atoms with Crippen molar-refractivity contribution in [3.8, 4) is 0 Å². The summed E-state index contributed by atoms with van der Waals surface area (Å²) in [7, 11) is 1.65. The molecule has 1 amide bonds. The predicted octanol–water partition coefficient (Wildman–Crippen LogP) is 2.77. The van der Waals surface area contributed by atoms with E-state index in [9.17, 15) is 9.59 Å². The molecule has 1 N–H and O–H groups in total. The number of pyridine rings is 1. The molecule has 0 unspecified atom stereocenters. The van der Waals surface area contributed by atoms with E-state index in [1.54, 1.807) is 25.2 Å². The molecule has 3 rings (SSSR count). The molecule has 0 aliphatic rings. The molecular formula is C14H11ClN4O2S2. The molecule has 3 heterocycles. The van der Waals surface area contributed by atoms with E-state index in [2.05, 4.69) is 15.3 Å². The van der Waals surface area contributed by atoms with Gasteiger partial charge in [-0.1, -0.05) is 23.4 Å². The summed E-state index contributed by atoms with van der Waals surface area (Å²) >= 11 is 8.35. The Morgan fingerprint density at radius 2 is 2.26 bits per heavy atom. The molecule has 0 radical (unpaired) electrons. The minimum absolute atomic E-state index is 0.112. The molecule has 23 heavy (non-hydrogen) atoms. The van der Waals surface area contributed by atoms with Crippen molar-refractivity contribution in [1.82, 2.24) is 14.5 Å². The second-order valence-electron chi connectivity index (χ2n) is 4.60. The normalized spacial score (nSPS) is 10.9. The summed E-state index contributed by atoms with van der Waals surface area (Å²) in [5.41, 5.74) is -0.112. The predicted molar refractivity (Wildman–Crippen MR) is 93.5 cm³/mol. The molecule has 6 nitrogen and oxygen atoms in total. The number of thiophene rings is 1. The maximum Gasteiger partial charge on any atom is 0.262 e. The summed E-state index contributed by atoms with van der Waals surface area (Å²) in [5, 5.41) is 6.09. The minimum atomic E-state index is -0.231. The van der Waals surface area contributed by atoms with Gasteiger partial charge in [0.2, 0.25) is 5.91 Å². The van der Waals surface area contributed by atoms with Crippen LogP contribution >= 0.6 is 34.7 Å². The van der Waals surface area contributed by atoms with Crippen molar-refractivity contribution in [3.05, 3.63) is 45.2 Å². The van der Waals surface area contributed by atoms with Crippen molar-refractivity contribution >= 4 is 56.6 Å². The lowest BCUT2D eigenvalue weighted by atomic mass is 10.4. The maximum atomic E-state index is 12.2. The third-order valence-corrected chi connectivity index (χ3v) is 5.05. The number of anilines is 1. The smallest absolute Gasteiger partial charge is 0.262 e. The Balaban J connectivity index is 1.70. The molecule has 0 bridgehead atoms. The Morgan fingerprint density at radius 3 is 3.00 bits per heavy atom. The molecule has 0 atom stereocenters. The largest absolute Gasteiger partial charge is 0.310 e. The van der Waals surface area contributed by atoms with Crippen LogP contribution in [0.2, 0.25) is 5.02 Å². The number of nitrogens with zero attached hydrogens (tertiary/aromatic N) is 3. The summed E-state index contributed by atoms with van der Waals surface area (Å²) in [4.78, 5) is 33.2. The first-order chi connectivity index (χ1) is 11.0. The zero-order valence-electron chi connectivity index (χ0n) is 11.9. The molecule has 0 saturated heterocycles. The molecule has 0 spiro atoms. The van der Waals surface area contributed by atoms with Gasteiger partial charge in [0.15, 0.2) is 5.16 Å². The van der Waals surface area contributed by atoms with Crippen LogP contribution in [0.15, 0.2) is 39.7 Å². The van der Waals surface area contributed by atoms with Gasteiger partial charge >= 0.3 is 0 Å². The number of amides is 1. The number of nitrogens with one attached hydrogen (secondary N) is 1. The number of hydrogen-bond donors (Lipinski definition) is 1. The number of carbonyl (C=O) groups is 1. The van der Waals surface area contributed by atoms with Crippen molar-refractivity contribution < 1.29 is 4.79 Å². The standard InChI is InChI=1S/C14H11ClN4O2S2/c1-19-13(21)9-4-5-22-12(9)18-14(19)23-7-11(20)17-10-3-2-8(15)6-16-10/h2-6H,7H2,1H3,(H,16,17,20). The van der Waals surface area contributed by atoms with Gasteiger partial charge in [-0.25, -0.2) is 9.97 Å². The van der Waals surface area contributed by atoms with Crippen LogP contribution < -0.4 is 10.9 Å². The van der Waals surface area contributed by atoms with E-state index in [0.717, 1.165) is 0 Å². The molecule has 118 valence electrons. The number of rotatable bonds is 4. The van der Waals surface area contributed by atoms with Gasteiger partial charge in [0.1, 0.15) is 10.6 Å². The minimum Gasteiger partial charge on any atom is -0.310 e. The Labute approximate surface area is 144 Å². The quantitative estimate of drug-likeness (QED) is 0.567. The number of hydrogen-bond acceptors (Lipinski definition) is 6. The lowest BCUT2D eigenvalue weighted by molar-refractivity contribution is -0.113. The summed E-state index contributed by atoms with van der Waals surface area (Å²) in [5.74, 6) is 0.322. The van der Waals surface area contributed by atoms with Gasteiger partial charge in [0.25, 0.3) is 5.56 Å². The zero-order chi connectivity index (χ0) is 16.4. The molecule has 3 aromatic rings. The zero-order valence-corrected chi connectivity index (χ0v) is 14.3. The first-order valence-electron chi connectivity index (χ1n) is 6.53. The van der Waals surface area contributed by atoms with Crippen LogP contribution in [0.3, 0.4) is 0 Å². The van der Waals surface area contributed by atoms with Gasteiger partial charge < -0.3 is 5.32 Å². The highest BCUT2D eigenvalue weighted by Crippen LogP contribution is 2.20. The van der Waals surface area contributed by atoms with Crippen LogP contribution in [0.1, 0.15) is 0 Å². The van der Waals surface area contributed by atoms with E-state index in [1.807, 2.05) is 5.38 Å². The number of aromatic nitrogens is 3. The fourth-order valence-corrected chi connectivity index (χ4v) is 3.56. The van der Waals surface area contributed by atoms with E-state index in [0.29, 0.717) is 26.2 Å². The fraction of sp³-hybridized carbons (Fsp3) is 0.143. The molecule has 9 heteroatoms. The molecule has 0 saturated carbocycles. The molecule has 0 aromatic carbocycles. The molecular weight excluding hydrogens is 356 g/mol. The number of carbonyl (C=O) groups excluding carboxylic acids is 1. The third-order valence-electron chi connectivity index (χ3n) is 2.99. The van der Waals surface area contributed by atoms with Gasteiger partial charge in [-0.05, 0) is 23.6 Å². The van der Waals surface area contributed by atoms with Crippen LogP contribution in [0.25, 0.3) is 10.2 Å². The summed E-state index contributed by atoms with van der Waals surface area (Å²) in [6.45, 7) is 0. The van der Waals surface area contributed by atoms with Crippen LogP contribution in [0, 0.1) is 0 Å². The number of thioether (sulfide) groups is 1. The Kier molecular flexibility index (Phi) is 4.65. The van der Waals surface area contributed by atoms with Crippen molar-refractivity contribution in [1.29, 1.82) is 0 Å². The fourth-order valence-electron chi connectivity index (χ4n) is 1.87. The van der Waals surface area contributed by atoms with Crippen LogP contribution in [0.5, 0.6) is 0 Å². The summed E-state index contributed by atoms with van der Waals surface area (Å²) < 4.78 is 1.45. The monoisotopic (exact) mass is 366 g/mol. The van der Waals surface area contributed by atoms with E-state index in [1.165, 1.54) is 33.9 Å². The molecule has 3 aromatic heterocycles. The van der Waals surface area contributed by atoms with Gasteiger partial charge in [0.05, 0.1) is 16.2 Å². The Morgan fingerprint density at radius 1 is 1.43 bits per heavy atom. The van der Waals surface area contributed by atoms with Crippen molar-refractivity contribution in [2.45, 2.75) is 5.16 Å². The molecule has 0 aliphatic heterocycles. The van der Waals surface area contributed by atoms with Gasteiger partial charge in [-0.15, -0.1) is 11.3 Å².